The molecule has 2 aromatic heterocycles. The van der Waals surface area contributed by atoms with Crippen molar-refractivity contribution >= 4 is 44.6 Å². The summed E-state index contributed by atoms with van der Waals surface area (Å²) in [4.78, 5) is 9.55. The van der Waals surface area contributed by atoms with Crippen molar-refractivity contribution in [1.82, 2.24) is 9.55 Å². The fraction of sp³-hybridized carbons (Fsp3) is 0.172. The smallest absolute Gasteiger partial charge is 0.137 e. The molecule has 1 aliphatic rings. The van der Waals surface area contributed by atoms with Gasteiger partial charge in [-0.1, -0.05) is 131 Å². The SMILES string of the molecule is CCc1cccc(CC)c1-c1cc(Oc2ccc3c4ccccc4n(-c4cc(C(C)(C)C)ccn4)c3c2)cc(N2CN(c3c(-c4cc(C)cc(C)c4)cccc3-c3cc(F)cc(F)c3)c3ccccc32)c1. The Morgan fingerprint density at radius 1 is 0.549 bits per heavy atom. The number of nitrogens with zero attached hydrogens (tertiary/aromatic N) is 4. The van der Waals surface area contributed by atoms with Crippen molar-refractivity contribution in [3.05, 3.63) is 216 Å². The van der Waals surface area contributed by atoms with Gasteiger partial charge in [0, 0.05) is 52.0 Å². The monoisotopic (exact) mass is 934 g/mol. The van der Waals surface area contributed by atoms with Crippen LogP contribution in [0.3, 0.4) is 0 Å². The van der Waals surface area contributed by atoms with Crippen LogP contribution in [0.1, 0.15) is 62.4 Å². The van der Waals surface area contributed by atoms with E-state index in [4.69, 9.17) is 9.72 Å². The maximum Gasteiger partial charge on any atom is 0.137 e. The second-order valence-corrected chi connectivity index (χ2v) is 19.9. The Morgan fingerprint density at radius 3 is 1.87 bits per heavy atom. The van der Waals surface area contributed by atoms with Crippen LogP contribution >= 0.6 is 0 Å². The quantitative estimate of drug-likeness (QED) is 0.137. The van der Waals surface area contributed by atoms with E-state index in [0.717, 1.165) is 103 Å². The van der Waals surface area contributed by atoms with Crippen molar-refractivity contribution < 1.29 is 13.5 Å². The molecule has 0 saturated carbocycles. The molecular formula is C64H56F2N4O. The first-order chi connectivity index (χ1) is 34.3. The molecule has 0 fully saturated rings. The van der Waals surface area contributed by atoms with E-state index in [-0.39, 0.29) is 5.41 Å². The fourth-order valence-corrected chi connectivity index (χ4v) is 10.7. The second-order valence-electron chi connectivity index (χ2n) is 19.9. The molecule has 0 amide bonds. The first-order valence-corrected chi connectivity index (χ1v) is 24.6. The molecule has 3 heterocycles. The Bertz CT molecular complexity index is 3560. The molecule has 0 N–H and O–H groups in total. The molecule has 11 rings (SSSR count). The summed E-state index contributed by atoms with van der Waals surface area (Å²) in [5, 5.41) is 2.26. The number of rotatable bonds is 10. The molecule has 1 aliphatic heterocycles. The maximum atomic E-state index is 15.2. The molecule has 0 radical (unpaired) electrons. The van der Waals surface area contributed by atoms with Gasteiger partial charge >= 0.3 is 0 Å². The Labute approximate surface area is 415 Å². The first kappa shape index (κ1) is 45.4. The van der Waals surface area contributed by atoms with Gasteiger partial charge in [0.25, 0.3) is 0 Å². The number of ether oxygens (including phenoxy) is 1. The largest absolute Gasteiger partial charge is 0.457 e. The molecule has 8 aromatic carbocycles. The molecule has 0 saturated heterocycles. The van der Waals surface area contributed by atoms with Gasteiger partial charge < -0.3 is 14.5 Å². The fourth-order valence-electron chi connectivity index (χ4n) is 10.7. The number of para-hydroxylation sites is 4. The Kier molecular flexibility index (Phi) is 11.5. The third kappa shape index (κ3) is 8.39. The third-order valence-corrected chi connectivity index (χ3v) is 14.0. The van der Waals surface area contributed by atoms with E-state index in [2.05, 4.69) is 202 Å². The molecule has 0 bridgehead atoms. The lowest BCUT2D eigenvalue weighted by atomic mass is 9.88. The minimum atomic E-state index is -0.624. The topological polar surface area (TPSA) is 33.5 Å². The van der Waals surface area contributed by atoms with E-state index < -0.39 is 11.6 Å². The minimum Gasteiger partial charge on any atom is -0.457 e. The van der Waals surface area contributed by atoms with Gasteiger partial charge in [-0.15, -0.1) is 0 Å². The van der Waals surface area contributed by atoms with Gasteiger partial charge in [-0.2, -0.15) is 0 Å². The number of halogens is 2. The molecule has 352 valence electrons. The highest BCUT2D eigenvalue weighted by Crippen LogP contribution is 2.51. The van der Waals surface area contributed by atoms with Crippen LogP contribution in [-0.4, -0.2) is 16.2 Å². The number of hydrogen-bond donors (Lipinski definition) is 0. The first-order valence-electron chi connectivity index (χ1n) is 24.6. The lowest BCUT2D eigenvalue weighted by Gasteiger charge is -2.28. The van der Waals surface area contributed by atoms with Gasteiger partial charge in [-0.3, -0.25) is 4.57 Å². The van der Waals surface area contributed by atoms with Crippen molar-refractivity contribution in [1.29, 1.82) is 0 Å². The van der Waals surface area contributed by atoms with E-state index in [1.165, 1.54) is 34.4 Å². The Hall–Kier alpha value is -8.03. The lowest BCUT2D eigenvalue weighted by molar-refractivity contribution is 0.483. The van der Waals surface area contributed by atoms with E-state index in [9.17, 15) is 0 Å². The van der Waals surface area contributed by atoms with Crippen molar-refractivity contribution in [2.24, 2.45) is 0 Å². The Balaban J connectivity index is 1.09. The highest BCUT2D eigenvalue weighted by molar-refractivity contribution is 6.09. The number of anilines is 4. The average molecular weight is 935 g/mol. The normalized spacial score (nSPS) is 12.6. The molecular weight excluding hydrogens is 879 g/mol. The Morgan fingerprint density at radius 2 is 1.18 bits per heavy atom. The zero-order valence-corrected chi connectivity index (χ0v) is 41.3. The molecule has 5 nitrogen and oxygen atoms in total. The summed E-state index contributed by atoms with van der Waals surface area (Å²) in [6.45, 7) is 15.7. The summed E-state index contributed by atoms with van der Waals surface area (Å²) in [5.74, 6) is 1.01. The predicted molar refractivity (Wildman–Crippen MR) is 290 cm³/mol. The van der Waals surface area contributed by atoms with E-state index >= 15 is 8.78 Å². The van der Waals surface area contributed by atoms with E-state index in [0.29, 0.717) is 23.7 Å². The van der Waals surface area contributed by atoms with Crippen LogP contribution in [0.4, 0.5) is 31.5 Å². The van der Waals surface area contributed by atoms with Crippen LogP contribution in [0.2, 0.25) is 0 Å². The van der Waals surface area contributed by atoms with Gasteiger partial charge in [0.2, 0.25) is 0 Å². The highest BCUT2D eigenvalue weighted by atomic mass is 19.1. The van der Waals surface area contributed by atoms with Gasteiger partial charge in [0.1, 0.15) is 35.6 Å². The summed E-state index contributed by atoms with van der Waals surface area (Å²) < 4.78 is 39.7. The minimum absolute atomic E-state index is 0.0547. The van der Waals surface area contributed by atoms with Gasteiger partial charge in [0.05, 0.1) is 28.1 Å². The van der Waals surface area contributed by atoms with Crippen LogP contribution in [-0.2, 0) is 18.3 Å². The summed E-state index contributed by atoms with van der Waals surface area (Å²) in [6, 6.07) is 57.1. The van der Waals surface area contributed by atoms with Gasteiger partial charge in [-0.05, 0) is 138 Å². The second kappa shape index (κ2) is 18.1. The maximum absolute atomic E-state index is 15.2. The average Bonchev–Trinajstić information content (AvgIpc) is 3.91. The number of hydrogen-bond acceptors (Lipinski definition) is 4. The van der Waals surface area contributed by atoms with Gasteiger partial charge in [0.15, 0.2) is 0 Å². The molecule has 0 unspecified atom stereocenters. The van der Waals surface area contributed by atoms with Crippen LogP contribution in [0.25, 0.3) is 61.0 Å². The summed E-state index contributed by atoms with van der Waals surface area (Å²) in [5.41, 5.74) is 17.3. The number of aryl methyl sites for hydroxylation is 4. The molecule has 0 atom stereocenters. The molecule has 0 aliphatic carbocycles. The number of pyridine rings is 1. The third-order valence-electron chi connectivity index (χ3n) is 14.0. The number of aromatic nitrogens is 2. The van der Waals surface area contributed by atoms with Crippen LogP contribution < -0.4 is 14.5 Å². The number of fused-ring (bicyclic) bond motifs is 4. The van der Waals surface area contributed by atoms with Gasteiger partial charge in [-0.25, -0.2) is 13.8 Å². The molecule has 10 aromatic rings. The van der Waals surface area contributed by atoms with E-state index in [1.54, 1.807) is 0 Å². The summed E-state index contributed by atoms with van der Waals surface area (Å²) >= 11 is 0. The van der Waals surface area contributed by atoms with Crippen molar-refractivity contribution in [3.63, 3.8) is 0 Å². The van der Waals surface area contributed by atoms with E-state index in [1.807, 2.05) is 18.3 Å². The van der Waals surface area contributed by atoms with Crippen molar-refractivity contribution in [2.75, 3.05) is 16.5 Å². The predicted octanol–water partition coefficient (Wildman–Crippen LogP) is 17.5. The standard InChI is InChI=1S/C64H56F2N4O/c1-8-42-16-14-17-43(9-2)62(42)46-33-50(37-52(34-46)71-51-24-25-56-55-18-10-11-21-57(55)70(60(56)38-51)61-35-47(26-27-67-61)64(5,6)7)68-39-69(59-23-13-12-22-58(59)68)63-53(44-29-40(3)28-41(4)30-44)19-15-20-54(63)45-31-48(65)36-49(66)32-45/h10-38H,8-9,39H2,1-7H3. The molecule has 7 heteroatoms. The van der Waals surface area contributed by atoms with Crippen molar-refractivity contribution in [2.45, 2.75) is 66.7 Å². The highest BCUT2D eigenvalue weighted by Gasteiger charge is 2.32. The molecule has 0 spiro atoms. The summed E-state index contributed by atoms with van der Waals surface area (Å²) in [6.07, 6.45) is 3.65. The zero-order valence-electron chi connectivity index (χ0n) is 41.3. The lowest BCUT2D eigenvalue weighted by Crippen LogP contribution is -2.25. The van der Waals surface area contributed by atoms with Crippen molar-refractivity contribution in [3.8, 4) is 50.7 Å². The van der Waals surface area contributed by atoms with Crippen LogP contribution in [0, 0.1) is 25.5 Å². The number of benzene rings is 8. The zero-order chi connectivity index (χ0) is 49.1. The van der Waals surface area contributed by atoms with Crippen LogP contribution in [0.15, 0.2) is 176 Å². The summed E-state index contributed by atoms with van der Waals surface area (Å²) in [7, 11) is 0. The molecule has 71 heavy (non-hydrogen) atoms. The van der Waals surface area contributed by atoms with Crippen LogP contribution in [0.5, 0.6) is 11.5 Å².